The summed E-state index contributed by atoms with van der Waals surface area (Å²) in [7, 11) is 1.75. The van der Waals surface area contributed by atoms with Crippen LogP contribution < -0.4 is 14.5 Å². The molecule has 0 saturated carbocycles. The Kier molecular flexibility index (Phi) is 3.83. The van der Waals surface area contributed by atoms with Gasteiger partial charge >= 0.3 is 0 Å². The molecule has 0 spiro atoms. The number of benzene rings is 1. The minimum absolute atomic E-state index is 0.0968. The molecule has 0 amide bonds. The second kappa shape index (κ2) is 5.55. The van der Waals surface area contributed by atoms with Crippen molar-refractivity contribution < 1.29 is 19.3 Å². The molecular weight excluding hydrogens is 368 g/mol. The zero-order valence-electron chi connectivity index (χ0n) is 14.7. The van der Waals surface area contributed by atoms with Crippen LogP contribution in [-0.2, 0) is 4.79 Å². The first-order chi connectivity index (χ1) is 11.4. The summed E-state index contributed by atoms with van der Waals surface area (Å²) < 4.78 is 6.76. The number of carbonyl (C=O) groups is 1. The van der Waals surface area contributed by atoms with Crippen LogP contribution in [0.5, 0.6) is 5.75 Å². The molecule has 0 aliphatic carbocycles. The van der Waals surface area contributed by atoms with E-state index in [1.165, 1.54) is 5.56 Å². The van der Waals surface area contributed by atoms with Crippen molar-refractivity contribution in [3.8, 4) is 5.75 Å². The molecule has 1 aromatic carbocycles. The van der Waals surface area contributed by atoms with Gasteiger partial charge in [-0.1, -0.05) is 29.3 Å². The molecule has 2 N–H and O–H groups in total. The van der Waals surface area contributed by atoms with Crippen molar-refractivity contribution in [2.24, 2.45) is 10.8 Å². The third-order valence-electron chi connectivity index (χ3n) is 6.44. The highest BCUT2D eigenvalue weighted by molar-refractivity contribution is 9.10. The number of Topliss-reactive ketones (excluding diaryl/α,β-unsaturated/α-hetero) is 1. The molecule has 24 heavy (non-hydrogen) atoms. The second-order valence-corrected chi connectivity index (χ2v) is 9.18. The van der Waals surface area contributed by atoms with E-state index in [0.29, 0.717) is 11.9 Å². The van der Waals surface area contributed by atoms with Gasteiger partial charge in [-0.25, -0.2) is 0 Å². The maximum atomic E-state index is 13.2. The molecule has 4 fully saturated rings. The first-order valence-electron chi connectivity index (χ1n) is 9.00. The predicted molar refractivity (Wildman–Crippen MR) is 95.3 cm³/mol. The Morgan fingerprint density at radius 2 is 1.92 bits per heavy atom. The summed E-state index contributed by atoms with van der Waals surface area (Å²) in [6.07, 6.45) is 2.51. The fraction of sp³-hybridized carbons (Fsp3) is 0.632. The van der Waals surface area contributed by atoms with Crippen LogP contribution in [0.2, 0.25) is 0 Å². The molecule has 4 heterocycles. The Hall–Kier alpha value is -0.910. The van der Waals surface area contributed by atoms with Gasteiger partial charge in [0, 0.05) is 4.47 Å². The van der Waals surface area contributed by atoms with E-state index in [4.69, 9.17) is 4.74 Å². The van der Waals surface area contributed by atoms with Crippen molar-refractivity contribution in [2.75, 3.05) is 33.3 Å². The van der Waals surface area contributed by atoms with Crippen LogP contribution in [-0.4, -0.2) is 39.1 Å². The van der Waals surface area contributed by atoms with Crippen LogP contribution in [0.15, 0.2) is 22.7 Å². The number of ether oxygens (including phenoxy) is 1. The van der Waals surface area contributed by atoms with E-state index in [9.17, 15) is 4.79 Å². The lowest BCUT2D eigenvalue weighted by Gasteiger charge is -2.59. The van der Waals surface area contributed by atoms with Gasteiger partial charge < -0.3 is 4.74 Å². The van der Waals surface area contributed by atoms with Crippen molar-refractivity contribution in [2.45, 2.75) is 32.9 Å². The Morgan fingerprint density at radius 1 is 1.25 bits per heavy atom. The van der Waals surface area contributed by atoms with Gasteiger partial charge in [-0.15, -0.1) is 0 Å². The maximum Gasteiger partial charge on any atom is 0.244 e. The molecule has 4 bridgehead atoms. The molecule has 130 valence electrons. The number of hydrogen-bond donors (Lipinski definition) is 2. The highest BCUT2D eigenvalue weighted by Crippen LogP contribution is 2.40. The van der Waals surface area contributed by atoms with Gasteiger partial charge in [-0.3, -0.25) is 14.6 Å². The number of quaternary nitrogens is 2. The van der Waals surface area contributed by atoms with Crippen LogP contribution in [0.4, 0.5) is 0 Å². The summed E-state index contributed by atoms with van der Waals surface area (Å²) in [6.45, 7) is 8.30. The van der Waals surface area contributed by atoms with Crippen molar-refractivity contribution >= 4 is 21.7 Å². The first kappa shape index (κ1) is 16.6. The van der Waals surface area contributed by atoms with Crippen LogP contribution in [0.25, 0.3) is 0 Å². The molecule has 4 aliphatic rings. The minimum atomic E-state index is -0.147. The Balaban J connectivity index is 1.76. The summed E-state index contributed by atoms with van der Waals surface area (Å²) in [5, 5.41) is 0. The fourth-order valence-corrected chi connectivity index (χ4v) is 6.30. The maximum absolute atomic E-state index is 13.2. The molecule has 2 atom stereocenters. The highest BCUT2D eigenvalue weighted by atomic mass is 79.9. The molecule has 4 nitrogen and oxygen atoms in total. The van der Waals surface area contributed by atoms with Crippen LogP contribution in [0.3, 0.4) is 0 Å². The number of methoxy groups -OCH3 is 1. The summed E-state index contributed by atoms with van der Waals surface area (Å²) in [5.74, 6) is 1.51. The Bertz CT molecular complexity index is 674. The van der Waals surface area contributed by atoms with Crippen LogP contribution in [0.1, 0.15) is 38.4 Å². The van der Waals surface area contributed by atoms with Gasteiger partial charge in [0.05, 0.1) is 7.11 Å². The normalized spacial score (nSPS) is 40.2. The topological polar surface area (TPSA) is 35.2 Å². The molecule has 0 radical (unpaired) electrons. The number of nitrogens with one attached hydrogen (secondary N) is 2. The number of halogens is 1. The predicted octanol–water partition coefficient (Wildman–Crippen LogP) is 0.629. The first-order valence-corrected chi connectivity index (χ1v) is 9.79. The summed E-state index contributed by atoms with van der Waals surface area (Å²) >= 11 is 3.62. The van der Waals surface area contributed by atoms with E-state index in [1.54, 1.807) is 16.9 Å². The molecular formula is C19H27BrN2O2+2. The van der Waals surface area contributed by atoms with E-state index < -0.39 is 0 Å². The molecule has 5 heteroatoms. The third-order valence-corrected chi connectivity index (χ3v) is 6.94. The summed E-state index contributed by atoms with van der Waals surface area (Å²) in [6, 6.07) is 6.31. The second-order valence-electron chi connectivity index (χ2n) is 8.26. The standard InChI is InChI=1S/C19H25BrN2O2/c1-4-7-19-11-21-9-18(2,17(19)23)10-22(12-19)16(21)14-8-13(20)5-6-15(14)24-3/h5-6,8,16H,4,7,9-12H2,1-3H3/p+2. The minimum Gasteiger partial charge on any atom is -0.496 e. The lowest BCUT2D eigenvalue weighted by Crippen LogP contribution is -3.41. The van der Waals surface area contributed by atoms with Gasteiger partial charge in [0.25, 0.3) is 0 Å². The van der Waals surface area contributed by atoms with Gasteiger partial charge in [-0.05, 0) is 31.5 Å². The summed E-state index contributed by atoms with van der Waals surface area (Å²) in [4.78, 5) is 16.3. The SMILES string of the molecule is CCCC12C[NH+]3CC(C)(C[NH+](C1)C3c1cc(Br)ccc1OC)C2=O. The lowest BCUT2D eigenvalue weighted by atomic mass is 9.59. The molecule has 4 saturated heterocycles. The Morgan fingerprint density at radius 3 is 2.50 bits per heavy atom. The average Bonchev–Trinajstić information content (AvgIpc) is 2.52. The number of piperidine rings is 2. The van der Waals surface area contributed by atoms with E-state index in [0.717, 1.165) is 49.2 Å². The number of ketones is 1. The number of hydrogen-bond acceptors (Lipinski definition) is 2. The van der Waals surface area contributed by atoms with Crippen LogP contribution >= 0.6 is 15.9 Å². The van der Waals surface area contributed by atoms with Crippen molar-refractivity contribution in [1.82, 2.24) is 0 Å². The van der Waals surface area contributed by atoms with Crippen molar-refractivity contribution in [3.63, 3.8) is 0 Å². The van der Waals surface area contributed by atoms with E-state index in [-0.39, 0.29) is 10.8 Å². The van der Waals surface area contributed by atoms with Crippen LogP contribution in [0, 0.1) is 10.8 Å². The lowest BCUT2D eigenvalue weighted by molar-refractivity contribution is -1.18. The number of rotatable bonds is 4. The largest absolute Gasteiger partial charge is 0.496 e. The monoisotopic (exact) mass is 394 g/mol. The zero-order valence-corrected chi connectivity index (χ0v) is 16.3. The quantitative estimate of drug-likeness (QED) is 0.785. The van der Waals surface area contributed by atoms with Crippen molar-refractivity contribution in [1.29, 1.82) is 0 Å². The van der Waals surface area contributed by atoms with Gasteiger partial charge in [0.15, 0.2) is 5.78 Å². The average molecular weight is 395 g/mol. The van der Waals surface area contributed by atoms with E-state index >= 15 is 0 Å². The van der Waals surface area contributed by atoms with Gasteiger partial charge in [0.1, 0.15) is 48.3 Å². The molecule has 1 aromatic rings. The molecule has 4 aliphatic heterocycles. The van der Waals surface area contributed by atoms with Gasteiger partial charge in [0.2, 0.25) is 6.17 Å². The van der Waals surface area contributed by atoms with Gasteiger partial charge in [-0.2, -0.15) is 0 Å². The van der Waals surface area contributed by atoms with E-state index in [2.05, 4.69) is 41.9 Å². The zero-order chi connectivity index (χ0) is 17.1. The Labute approximate surface area is 152 Å². The third kappa shape index (κ3) is 2.21. The van der Waals surface area contributed by atoms with E-state index in [1.807, 2.05) is 6.07 Å². The summed E-state index contributed by atoms with van der Waals surface area (Å²) in [5.41, 5.74) is 1.03. The van der Waals surface area contributed by atoms with Crippen molar-refractivity contribution in [3.05, 3.63) is 28.2 Å². The number of carbonyl (C=O) groups excluding carboxylic acids is 1. The molecule has 0 aromatic heterocycles. The smallest absolute Gasteiger partial charge is 0.244 e. The molecule has 2 unspecified atom stereocenters. The molecule has 5 rings (SSSR count). The highest BCUT2D eigenvalue weighted by Gasteiger charge is 2.69. The fourth-order valence-electron chi connectivity index (χ4n) is 5.92.